The Morgan fingerprint density at radius 1 is 1.48 bits per heavy atom. The van der Waals surface area contributed by atoms with Crippen molar-refractivity contribution >= 4 is 5.91 Å². The molecule has 0 bridgehead atoms. The van der Waals surface area contributed by atoms with E-state index in [0.29, 0.717) is 18.4 Å². The first-order chi connectivity index (χ1) is 10.0. The van der Waals surface area contributed by atoms with Gasteiger partial charge in [0, 0.05) is 18.5 Å². The van der Waals surface area contributed by atoms with Crippen molar-refractivity contribution in [1.82, 2.24) is 10.6 Å². The molecule has 116 valence electrons. The van der Waals surface area contributed by atoms with Gasteiger partial charge in [0.05, 0.1) is 6.10 Å². The maximum atomic E-state index is 12.8. The summed E-state index contributed by atoms with van der Waals surface area (Å²) in [6, 6.07) is 5.94. The van der Waals surface area contributed by atoms with Crippen molar-refractivity contribution in [3.8, 4) is 0 Å². The zero-order valence-electron chi connectivity index (χ0n) is 12.3. The molecule has 3 atom stereocenters. The van der Waals surface area contributed by atoms with Gasteiger partial charge in [0.2, 0.25) is 5.91 Å². The summed E-state index contributed by atoms with van der Waals surface area (Å²) in [5, 5.41) is 16.3. The molecular weight excluding hydrogens is 271 g/mol. The standard InChI is InChI=1S/C16H23FN2O2/c1-11(19-16(21)10-14-3-2-8-18-14)9-15(20)12-4-6-13(17)7-5-12/h4-7,11,14-15,18,20H,2-3,8-10H2,1H3,(H,19,21). The molecule has 4 nitrogen and oxygen atoms in total. The third-order valence-electron chi connectivity index (χ3n) is 3.83. The second-order valence-corrected chi connectivity index (χ2v) is 5.77. The van der Waals surface area contributed by atoms with Crippen molar-refractivity contribution in [3.63, 3.8) is 0 Å². The van der Waals surface area contributed by atoms with Gasteiger partial charge in [-0.1, -0.05) is 12.1 Å². The summed E-state index contributed by atoms with van der Waals surface area (Å²) >= 11 is 0. The fraction of sp³-hybridized carbons (Fsp3) is 0.562. The maximum absolute atomic E-state index is 12.8. The second-order valence-electron chi connectivity index (χ2n) is 5.77. The smallest absolute Gasteiger partial charge is 0.221 e. The lowest BCUT2D eigenvalue weighted by Crippen LogP contribution is -2.37. The fourth-order valence-corrected chi connectivity index (χ4v) is 2.70. The minimum atomic E-state index is -0.703. The number of hydrogen-bond acceptors (Lipinski definition) is 3. The molecule has 1 fully saturated rings. The number of carbonyl (C=O) groups is 1. The van der Waals surface area contributed by atoms with Crippen molar-refractivity contribution in [3.05, 3.63) is 35.6 Å². The molecule has 1 amide bonds. The Balaban J connectivity index is 1.76. The monoisotopic (exact) mass is 294 g/mol. The van der Waals surface area contributed by atoms with E-state index in [9.17, 15) is 14.3 Å². The van der Waals surface area contributed by atoms with Gasteiger partial charge in [0.15, 0.2) is 0 Å². The molecule has 3 N–H and O–H groups in total. The van der Waals surface area contributed by atoms with Gasteiger partial charge in [-0.05, 0) is 50.4 Å². The Labute approximate surface area is 124 Å². The summed E-state index contributed by atoms with van der Waals surface area (Å²) in [5.74, 6) is -0.315. The van der Waals surface area contributed by atoms with Crippen molar-refractivity contribution in [2.45, 2.75) is 50.8 Å². The van der Waals surface area contributed by atoms with Gasteiger partial charge in [-0.25, -0.2) is 4.39 Å². The van der Waals surface area contributed by atoms with E-state index in [1.807, 2.05) is 6.92 Å². The number of benzene rings is 1. The Bertz CT molecular complexity index is 458. The van der Waals surface area contributed by atoms with E-state index < -0.39 is 6.10 Å². The van der Waals surface area contributed by atoms with E-state index in [0.717, 1.165) is 19.4 Å². The van der Waals surface area contributed by atoms with Crippen LogP contribution in [0.25, 0.3) is 0 Å². The van der Waals surface area contributed by atoms with Crippen molar-refractivity contribution < 1.29 is 14.3 Å². The summed E-state index contributed by atoms with van der Waals surface area (Å²) in [4.78, 5) is 11.9. The molecule has 1 saturated heterocycles. The third kappa shape index (κ3) is 5.10. The highest BCUT2D eigenvalue weighted by molar-refractivity contribution is 5.76. The first-order valence-electron chi connectivity index (χ1n) is 7.51. The molecule has 0 saturated carbocycles. The Morgan fingerprint density at radius 3 is 2.81 bits per heavy atom. The number of aliphatic hydroxyl groups is 1. The van der Waals surface area contributed by atoms with Crippen molar-refractivity contribution in [1.29, 1.82) is 0 Å². The highest BCUT2D eigenvalue weighted by Crippen LogP contribution is 2.18. The number of nitrogens with one attached hydrogen (secondary N) is 2. The highest BCUT2D eigenvalue weighted by Gasteiger charge is 2.19. The van der Waals surface area contributed by atoms with Crippen LogP contribution in [-0.2, 0) is 4.79 Å². The fourth-order valence-electron chi connectivity index (χ4n) is 2.70. The number of hydrogen-bond donors (Lipinski definition) is 3. The number of aliphatic hydroxyl groups excluding tert-OH is 1. The van der Waals surface area contributed by atoms with Crippen LogP contribution in [0.15, 0.2) is 24.3 Å². The predicted octanol–water partition coefficient (Wildman–Crippen LogP) is 1.90. The van der Waals surface area contributed by atoms with Crippen LogP contribution in [0, 0.1) is 5.82 Å². The highest BCUT2D eigenvalue weighted by atomic mass is 19.1. The molecule has 1 heterocycles. The largest absolute Gasteiger partial charge is 0.388 e. The van der Waals surface area contributed by atoms with Crippen LogP contribution in [0.2, 0.25) is 0 Å². The zero-order valence-corrected chi connectivity index (χ0v) is 12.3. The molecule has 1 aromatic carbocycles. The topological polar surface area (TPSA) is 61.4 Å². The van der Waals surface area contributed by atoms with Crippen LogP contribution in [0.3, 0.4) is 0 Å². The minimum Gasteiger partial charge on any atom is -0.388 e. The van der Waals surface area contributed by atoms with Gasteiger partial charge in [0.25, 0.3) is 0 Å². The van der Waals surface area contributed by atoms with Gasteiger partial charge < -0.3 is 15.7 Å². The average Bonchev–Trinajstić information content (AvgIpc) is 2.91. The molecule has 2 rings (SSSR count). The van der Waals surface area contributed by atoms with E-state index in [-0.39, 0.29) is 23.8 Å². The van der Waals surface area contributed by atoms with E-state index in [4.69, 9.17) is 0 Å². The summed E-state index contributed by atoms with van der Waals surface area (Å²) in [7, 11) is 0. The van der Waals surface area contributed by atoms with E-state index in [1.165, 1.54) is 12.1 Å². The Hall–Kier alpha value is -1.46. The normalized spacial score (nSPS) is 21.0. The summed E-state index contributed by atoms with van der Waals surface area (Å²) in [6.45, 7) is 2.85. The lowest BCUT2D eigenvalue weighted by Gasteiger charge is -2.19. The summed E-state index contributed by atoms with van der Waals surface area (Å²) < 4.78 is 12.8. The van der Waals surface area contributed by atoms with Crippen LogP contribution < -0.4 is 10.6 Å². The van der Waals surface area contributed by atoms with Crippen LogP contribution in [0.5, 0.6) is 0 Å². The summed E-state index contributed by atoms with van der Waals surface area (Å²) in [5.41, 5.74) is 0.662. The van der Waals surface area contributed by atoms with E-state index in [1.54, 1.807) is 12.1 Å². The van der Waals surface area contributed by atoms with Crippen molar-refractivity contribution in [2.24, 2.45) is 0 Å². The molecule has 3 unspecified atom stereocenters. The molecule has 0 aliphatic carbocycles. The molecule has 1 aliphatic heterocycles. The molecule has 5 heteroatoms. The summed E-state index contributed by atoms with van der Waals surface area (Å²) in [6.07, 6.45) is 2.36. The molecule has 0 radical (unpaired) electrons. The van der Waals surface area contributed by atoms with Gasteiger partial charge in [-0.3, -0.25) is 4.79 Å². The third-order valence-corrected chi connectivity index (χ3v) is 3.83. The molecule has 1 aliphatic rings. The molecule has 21 heavy (non-hydrogen) atoms. The first-order valence-corrected chi connectivity index (χ1v) is 7.51. The quantitative estimate of drug-likeness (QED) is 0.751. The van der Waals surface area contributed by atoms with Gasteiger partial charge in [-0.2, -0.15) is 0 Å². The SMILES string of the molecule is CC(CC(O)c1ccc(F)cc1)NC(=O)CC1CCCN1. The van der Waals surface area contributed by atoms with Crippen LogP contribution >= 0.6 is 0 Å². The van der Waals surface area contributed by atoms with E-state index >= 15 is 0 Å². The second kappa shape index (κ2) is 7.52. The average molecular weight is 294 g/mol. The molecular formula is C16H23FN2O2. The number of carbonyl (C=O) groups excluding carboxylic acids is 1. The number of amides is 1. The minimum absolute atomic E-state index is 0.00760. The Morgan fingerprint density at radius 2 is 2.19 bits per heavy atom. The first kappa shape index (κ1) is 15.9. The van der Waals surface area contributed by atoms with Crippen LogP contribution in [0.4, 0.5) is 4.39 Å². The number of rotatable bonds is 6. The van der Waals surface area contributed by atoms with E-state index in [2.05, 4.69) is 10.6 Å². The Kier molecular flexibility index (Phi) is 5.70. The molecule has 0 spiro atoms. The molecule has 0 aromatic heterocycles. The lowest BCUT2D eigenvalue weighted by molar-refractivity contribution is -0.122. The van der Waals surface area contributed by atoms with Gasteiger partial charge in [0.1, 0.15) is 5.82 Å². The zero-order chi connectivity index (χ0) is 15.2. The molecule has 1 aromatic rings. The maximum Gasteiger partial charge on any atom is 0.221 e. The lowest BCUT2D eigenvalue weighted by atomic mass is 10.0. The number of halogens is 1. The van der Waals surface area contributed by atoms with Gasteiger partial charge >= 0.3 is 0 Å². The van der Waals surface area contributed by atoms with Crippen LogP contribution in [-0.4, -0.2) is 29.6 Å². The van der Waals surface area contributed by atoms with Crippen molar-refractivity contribution in [2.75, 3.05) is 6.54 Å². The predicted molar refractivity (Wildman–Crippen MR) is 79.2 cm³/mol. The van der Waals surface area contributed by atoms with Crippen LogP contribution in [0.1, 0.15) is 44.3 Å². The van der Waals surface area contributed by atoms with Gasteiger partial charge in [-0.15, -0.1) is 0 Å².